The third-order valence-corrected chi connectivity index (χ3v) is 2.46. The van der Waals surface area contributed by atoms with Crippen molar-refractivity contribution < 1.29 is 14.3 Å². The molecule has 0 saturated carbocycles. The van der Waals surface area contributed by atoms with Gasteiger partial charge in [0.1, 0.15) is 5.82 Å². The van der Waals surface area contributed by atoms with E-state index in [9.17, 15) is 19.6 Å². The van der Waals surface area contributed by atoms with Crippen molar-refractivity contribution in [3.05, 3.63) is 44.2 Å². The molecule has 0 fully saturated rings. The molecule has 0 aliphatic heterocycles. The number of halogens is 2. The van der Waals surface area contributed by atoms with Gasteiger partial charge in [0.05, 0.1) is 11.1 Å². The molecule has 2 rings (SSSR count). The molecule has 2 aromatic rings. The lowest BCUT2D eigenvalue weighted by molar-refractivity contribution is -0.582. The summed E-state index contributed by atoms with van der Waals surface area (Å²) >= 11 is 5.46. The lowest BCUT2D eigenvalue weighted by Gasteiger charge is -2.06. The van der Waals surface area contributed by atoms with Crippen LogP contribution in [-0.4, -0.2) is 9.94 Å². The summed E-state index contributed by atoms with van der Waals surface area (Å²) in [5.74, 6) is -0.897. The molecule has 1 N–H and O–H groups in total. The van der Waals surface area contributed by atoms with Gasteiger partial charge in [0.2, 0.25) is 5.52 Å². The van der Waals surface area contributed by atoms with Gasteiger partial charge in [-0.2, -0.15) is 5.26 Å². The summed E-state index contributed by atoms with van der Waals surface area (Å²) in [7, 11) is 0. The van der Waals surface area contributed by atoms with Crippen molar-refractivity contribution in [2.75, 3.05) is 0 Å². The second-order valence-corrected chi connectivity index (χ2v) is 3.53. The summed E-state index contributed by atoms with van der Waals surface area (Å²) in [6.07, 6.45) is 0. The molecule has 0 radical (unpaired) electrons. The number of hydrogen-bond acceptors (Lipinski definition) is 4. The zero-order valence-corrected chi connectivity index (χ0v) is 8.77. The Labute approximate surface area is 97.9 Å². The van der Waals surface area contributed by atoms with Crippen molar-refractivity contribution in [2.24, 2.45) is 0 Å². The van der Waals surface area contributed by atoms with Crippen LogP contribution < -0.4 is 10.3 Å². The zero-order chi connectivity index (χ0) is 12.7. The highest BCUT2D eigenvalue weighted by molar-refractivity contribution is 6.31. The molecule has 0 atom stereocenters. The summed E-state index contributed by atoms with van der Waals surface area (Å²) in [5, 5.41) is 29.2. The molecule has 0 saturated heterocycles. The topological polar surface area (TPSA) is 93.0 Å². The second kappa shape index (κ2) is 3.61. The minimum atomic E-state index is -1.20. The van der Waals surface area contributed by atoms with Gasteiger partial charge in [0, 0.05) is 0 Å². The molecule has 86 valence electrons. The summed E-state index contributed by atoms with van der Waals surface area (Å²) in [4.78, 5) is 11.4. The largest absolute Gasteiger partial charge is 0.617 e. The van der Waals surface area contributed by atoms with Gasteiger partial charge in [-0.15, -0.1) is 9.46 Å². The minimum Gasteiger partial charge on any atom is -0.617 e. The summed E-state index contributed by atoms with van der Waals surface area (Å²) in [6.45, 7) is 0. The van der Waals surface area contributed by atoms with E-state index < -0.39 is 17.1 Å². The minimum absolute atomic E-state index is 0.0518. The maximum Gasteiger partial charge on any atom is 0.368 e. The number of fused-ring (bicyclic) bond motifs is 1. The van der Waals surface area contributed by atoms with E-state index in [0.717, 1.165) is 12.1 Å². The quantitative estimate of drug-likeness (QED) is 0.422. The van der Waals surface area contributed by atoms with Crippen LogP contribution in [-0.2, 0) is 0 Å². The van der Waals surface area contributed by atoms with Crippen LogP contribution in [0.1, 0.15) is 5.69 Å². The normalized spacial score (nSPS) is 10.4. The highest BCUT2D eigenvalue weighted by Crippen LogP contribution is 2.19. The van der Waals surface area contributed by atoms with Crippen molar-refractivity contribution in [3.8, 4) is 6.07 Å². The summed E-state index contributed by atoms with van der Waals surface area (Å²) in [6, 6.07) is 2.99. The maximum absolute atomic E-state index is 13.2. The Bertz CT molecular complexity index is 735. The Hall–Kier alpha value is -2.33. The van der Waals surface area contributed by atoms with E-state index in [0.29, 0.717) is 0 Å². The van der Waals surface area contributed by atoms with Crippen LogP contribution in [0.4, 0.5) is 4.39 Å². The maximum atomic E-state index is 13.2. The molecular weight excluding hydrogens is 253 g/mol. The van der Waals surface area contributed by atoms with Crippen LogP contribution in [0.25, 0.3) is 11.0 Å². The van der Waals surface area contributed by atoms with E-state index in [1.54, 1.807) is 0 Å². The van der Waals surface area contributed by atoms with Crippen molar-refractivity contribution >= 4 is 22.6 Å². The highest BCUT2D eigenvalue weighted by atomic mass is 35.5. The number of nitriles is 1. The molecule has 0 aliphatic carbocycles. The monoisotopic (exact) mass is 255 g/mol. The van der Waals surface area contributed by atoms with E-state index in [2.05, 4.69) is 0 Å². The van der Waals surface area contributed by atoms with E-state index in [1.165, 1.54) is 6.07 Å². The van der Waals surface area contributed by atoms with Gasteiger partial charge in [-0.05, 0) is 6.07 Å². The van der Waals surface area contributed by atoms with Crippen LogP contribution in [0.5, 0.6) is 0 Å². The van der Waals surface area contributed by atoms with Crippen LogP contribution in [0.2, 0.25) is 5.02 Å². The number of aromatic nitrogens is 2. The van der Waals surface area contributed by atoms with Gasteiger partial charge >= 0.3 is 11.3 Å². The Balaban J connectivity index is 3.11. The molecule has 0 unspecified atom stereocenters. The molecule has 0 amide bonds. The summed E-state index contributed by atoms with van der Waals surface area (Å²) < 4.78 is 13.2. The van der Waals surface area contributed by atoms with Gasteiger partial charge < -0.3 is 10.4 Å². The average molecular weight is 256 g/mol. The van der Waals surface area contributed by atoms with Crippen molar-refractivity contribution in [1.82, 2.24) is 4.73 Å². The number of nitrogens with zero attached hydrogens (tertiary/aromatic N) is 3. The molecule has 1 aromatic carbocycles. The van der Waals surface area contributed by atoms with Crippen LogP contribution >= 0.6 is 11.6 Å². The molecule has 6 nitrogen and oxygen atoms in total. The van der Waals surface area contributed by atoms with Crippen LogP contribution in [0.3, 0.4) is 0 Å². The van der Waals surface area contributed by atoms with Crippen LogP contribution in [0.15, 0.2) is 16.9 Å². The van der Waals surface area contributed by atoms with E-state index in [4.69, 9.17) is 16.9 Å². The molecule has 8 heteroatoms. The first kappa shape index (κ1) is 11.2. The molecule has 1 heterocycles. The SMILES string of the molecule is N#Cc1c(=O)n(O)c2cc(Cl)c(F)cc2[n+]1[O-]. The van der Waals surface area contributed by atoms with Gasteiger partial charge in [-0.25, -0.2) is 4.39 Å². The third kappa shape index (κ3) is 1.46. The second-order valence-electron chi connectivity index (χ2n) is 3.13. The number of benzene rings is 1. The van der Waals surface area contributed by atoms with Gasteiger partial charge in [0.25, 0.3) is 0 Å². The predicted molar refractivity (Wildman–Crippen MR) is 54.0 cm³/mol. The van der Waals surface area contributed by atoms with Crippen molar-refractivity contribution in [3.63, 3.8) is 0 Å². The standard InChI is InChI=1S/C9H3ClFN3O3/c10-4-1-6-7(2-5(4)11)13(16)8(3-12)9(15)14(6)17/h1-2,17H. The Morgan fingerprint density at radius 3 is 2.82 bits per heavy atom. The van der Waals surface area contributed by atoms with Gasteiger partial charge in [-0.3, -0.25) is 4.79 Å². The lowest BCUT2D eigenvalue weighted by atomic mass is 10.2. The van der Waals surface area contributed by atoms with Crippen molar-refractivity contribution in [1.29, 1.82) is 5.26 Å². The fourth-order valence-corrected chi connectivity index (χ4v) is 1.53. The van der Waals surface area contributed by atoms with E-state index in [-0.39, 0.29) is 25.5 Å². The lowest BCUT2D eigenvalue weighted by Crippen LogP contribution is -2.42. The molecule has 0 spiro atoms. The predicted octanol–water partition coefficient (Wildman–Crippen LogP) is 0.536. The molecule has 17 heavy (non-hydrogen) atoms. The number of rotatable bonds is 0. The first-order valence-corrected chi connectivity index (χ1v) is 4.62. The van der Waals surface area contributed by atoms with E-state index in [1.807, 2.05) is 0 Å². The number of hydrogen-bond donors (Lipinski definition) is 1. The first-order chi connectivity index (χ1) is 7.97. The van der Waals surface area contributed by atoms with Crippen LogP contribution in [0, 0.1) is 22.4 Å². The smallest absolute Gasteiger partial charge is 0.368 e. The molecule has 0 aliphatic rings. The Morgan fingerprint density at radius 1 is 1.59 bits per heavy atom. The highest BCUT2D eigenvalue weighted by Gasteiger charge is 2.22. The molecular formula is C9H3ClFN3O3. The zero-order valence-electron chi connectivity index (χ0n) is 8.02. The first-order valence-electron chi connectivity index (χ1n) is 4.24. The molecule has 0 bridgehead atoms. The van der Waals surface area contributed by atoms with Gasteiger partial charge in [-0.1, -0.05) is 11.6 Å². The fraction of sp³-hybridized carbons (Fsp3) is 0. The van der Waals surface area contributed by atoms with Crippen molar-refractivity contribution in [2.45, 2.75) is 0 Å². The van der Waals surface area contributed by atoms with Gasteiger partial charge in [0.15, 0.2) is 11.6 Å². The fourth-order valence-electron chi connectivity index (χ4n) is 1.37. The molecule has 1 aromatic heterocycles. The summed E-state index contributed by atoms with van der Waals surface area (Å²) in [5.41, 5.74) is -2.71. The third-order valence-electron chi connectivity index (χ3n) is 2.17. The Morgan fingerprint density at radius 2 is 2.24 bits per heavy atom. The van der Waals surface area contributed by atoms with E-state index >= 15 is 0 Å². The average Bonchev–Trinajstić information content (AvgIpc) is 2.30. The Kier molecular flexibility index (Phi) is 2.37.